The zero-order valence-electron chi connectivity index (χ0n) is 10.6. The van der Waals surface area contributed by atoms with Gasteiger partial charge in [0.2, 0.25) is 0 Å². The summed E-state index contributed by atoms with van der Waals surface area (Å²) in [6, 6.07) is 1.82. The molecule has 2 aromatic heterocycles. The number of hydrogen-bond acceptors (Lipinski definition) is 4. The molecular weight excluding hydrogens is 352 g/mol. The van der Waals surface area contributed by atoms with E-state index >= 15 is 0 Å². The van der Waals surface area contributed by atoms with Gasteiger partial charge < -0.3 is 9.84 Å². The summed E-state index contributed by atoms with van der Waals surface area (Å²) in [6.45, 7) is 2.79. The van der Waals surface area contributed by atoms with Crippen LogP contribution in [0.25, 0.3) is 0 Å². The maximum atomic E-state index is 10.5. The third-order valence-corrected chi connectivity index (χ3v) is 5.22. The van der Waals surface area contributed by atoms with Gasteiger partial charge in [-0.05, 0) is 28.4 Å². The lowest BCUT2D eigenvalue weighted by atomic mass is 10.2. The van der Waals surface area contributed by atoms with Gasteiger partial charge in [-0.2, -0.15) is 5.10 Å². The third kappa shape index (κ3) is 2.97. The highest BCUT2D eigenvalue weighted by Gasteiger charge is 2.23. The fraction of sp³-hybridized carbons (Fsp3) is 0.417. The SMILES string of the molecule is CCCn1ncc(OC)c1C(O)c1cc(Br)c(Cl)s1. The van der Waals surface area contributed by atoms with E-state index in [1.54, 1.807) is 18.0 Å². The van der Waals surface area contributed by atoms with E-state index in [1.165, 1.54) is 11.3 Å². The lowest BCUT2D eigenvalue weighted by molar-refractivity contribution is 0.205. The Labute approximate surface area is 129 Å². The molecule has 0 aliphatic carbocycles. The molecule has 0 saturated carbocycles. The zero-order chi connectivity index (χ0) is 14.0. The van der Waals surface area contributed by atoms with Crippen LogP contribution >= 0.6 is 38.9 Å². The van der Waals surface area contributed by atoms with Gasteiger partial charge in [-0.1, -0.05) is 18.5 Å². The van der Waals surface area contributed by atoms with Crippen molar-refractivity contribution in [3.05, 3.63) is 31.6 Å². The van der Waals surface area contributed by atoms with Crippen LogP contribution in [0.2, 0.25) is 4.34 Å². The Kier molecular flexibility index (Phi) is 4.89. The van der Waals surface area contributed by atoms with Crippen molar-refractivity contribution in [1.29, 1.82) is 0 Å². The fourth-order valence-corrected chi connectivity index (χ4v) is 3.56. The summed E-state index contributed by atoms with van der Waals surface area (Å²) in [5.74, 6) is 0.585. The predicted octanol–water partition coefficient (Wildman–Crippen LogP) is 3.86. The van der Waals surface area contributed by atoms with Crippen LogP contribution in [-0.2, 0) is 6.54 Å². The lowest BCUT2D eigenvalue weighted by Gasteiger charge is -2.13. The molecule has 0 spiro atoms. The second kappa shape index (κ2) is 6.26. The number of aliphatic hydroxyl groups excluding tert-OH is 1. The van der Waals surface area contributed by atoms with E-state index in [4.69, 9.17) is 16.3 Å². The first-order chi connectivity index (χ1) is 9.08. The Morgan fingerprint density at radius 1 is 1.63 bits per heavy atom. The van der Waals surface area contributed by atoms with Crippen molar-refractivity contribution in [3.8, 4) is 5.75 Å². The Morgan fingerprint density at radius 2 is 2.37 bits per heavy atom. The van der Waals surface area contributed by atoms with Crippen molar-refractivity contribution in [2.24, 2.45) is 0 Å². The summed E-state index contributed by atoms with van der Waals surface area (Å²) < 4.78 is 8.44. The molecule has 0 aliphatic rings. The average Bonchev–Trinajstić information content (AvgIpc) is 2.94. The molecule has 1 unspecified atom stereocenters. The van der Waals surface area contributed by atoms with Crippen molar-refractivity contribution in [1.82, 2.24) is 9.78 Å². The van der Waals surface area contributed by atoms with Gasteiger partial charge in [0.1, 0.15) is 16.1 Å². The molecule has 0 bridgehead atoms. The zero-order valence-corrected chi connectivity index (χ0v) is 13.7. The topological polar surface area (TPSA) is 47.3 Å². The molecule has 1 atom stereocenters. The number of thiophene rings is 1. The van der Waals surface area contributed by atoms with Crippen molar-refractivity contribution in [2.45, 2.75) is 26.0 Å². The summed E-state index contributed by atoms with van der Waals surface area (Å²) in [5, 5.41) is 14.8. The normalized spacial score (nSPS) is 12.7. The van der Waals surface area contributed by atoms with Crippen LogP contribution in [0.5, 0.6) is 5.75 Å². The maximum absolute atomic E-state index is 10.5. The lowest BCUT2D eigenvalue weighted by Crippen LogP contribution is -2.10. The van der Waals surface area contributed by atoms with E-state index in [-0.39, 0.29) is 0 Å². The quantitative estimate of drug-likeness (QED) is 0.875. The molecule has 104 valence electrons. The molecule has 7 heteroatoms. The molecule has 0 radical (unpaired) electrons. The Morgan fingerprint density at radius 3 is 2.89 bits per heavy atom. The van der Waals surface area contributed by atoms with Gasteiger partial charge >= 0.3 is 0 Å². The molecule has 4 nitrogen and oxygen atoms in total. The van der Waals surface area contributed by atoms with E-state index in [1.807, 2.05) is 6.07 Å². The monoisotopic (exact) mass is 364 g/mol. The average molecular weight is 366 g/mol. The van der Waals surface area contributed by atoms with Crippen LogP contribution in [0, 0.1) is 0 Å². The summed E-state index contributed by atoms with van der Waals surface area (Å²) in [7, 11) is 1.57. The van der Waals surface area contributed by atoms with Crippen LogP contribution in [-0.4, -0.2) is 22.0 Å². The number of ether oxygens (including phenoxy) is 1. The molecule has 0 amide bonds. The summed E-state index contributed by atoms with van der Waals surface area (Å²) in [4.78, 5) is 0.757. The molecule has 0 fully saturated rings. The van der Waals surface area contributed by atoms with E-state index in [0.29, 0.717) is 15.8 Å². The number of aryl methyl sites for hydroxylation is 1. The Balaban J connectivity index is 2.41. The number of hydrogen-bond donors (Lipinski definition) is 1. The van der Waals surface area contributed by atoms with Crippen LogP contribution in [0.3, 0.4) is 0 Å². The molecular formula is C12H14BrClN2O2S. The van der Waals surface area contributed by atoms with Crippen LogP contribution in [0.15, 0.2) is 16.7 Å². The standard InChI is InChI=1S/C12H14BrClN2O2S/c1-3-4-16-10(8(18-2)6-15-16)11(17)9-5-7(13)12(14)19-9/h5-6,11,17H,3-4H2,1-2H3. The van der Waals surface area contributed by atoms with E-state index < -0.39 is 6.10 Å². The fourth-order valence-electron chi connectivity index (χ4n) is 1.83. The first-order valence-electron chi connectivity index (χ1n) is 5.81. The summed E-state index contributed by atoms with van der Waals surface area (Å²) in [6.07, 6.45) is 1.76. The molecule has 0 saturated heterocycles. The minimum atomic E-state index is -0.794. The van der Waals surface area contributed by atoms with Crippen LogP contribution < -0.4 is 4.74 Å². The van der Waals surface area contributed by atoms with Gasteiger partial charge in [0.15, 0.2) is 5.75 Å². The van der Waals surface area contributed by atoms with E-state index in [0.717, 1.165) is 22.3 Å². The molecule has 0 aromatic carbocycles. The number of aliphatic hydroxyl groups is 1. The summed E-state index contributed by atoms with van der Waals surface area (Å²) in [5.41, 5.74) is 0.662. The maximum Gasteiger partial charge on any atom is 0.163 e. The van der Waals surface area contributed by atoms with Gasteiger partial charge in [0.25, 0.3) is 0 Å². The first kappa shape index (κ1) is 14.8. The Hall–Kier alpha value is -0.560. The van der Waals surface area contributed by atoms with Crippen molar-refractivity contribution >= 4 is 38.9 Å². The largest absolute Gasteiger partial charge is 0.493 e. The van der Waals surface area contributed by atoms with Gasteiger partial charge in [-0.15, -0.1) is 11.3 Å². The highest BCUT2D eigenvalue weighted by Crippen LogP contribution is 2.39. The molecule has 2 aromatic rings. The number of rotatable bonds is 5. The predicted molar refractivity (Wildman–Crippen MR) is 80.2 cm³/mol. The van der Waals surface area contributed by atoms with Crippen LogP contribution in [0.1, 0.15) is 30.0 Å². The minimum Gasteiger partial charge on any atom is -0.493 e. The highest BCUT2D eigenvalue weighted by molar-refractivity contribution is 9.10. The second-order valence-corrected chi connectivity index (χ2v) is 6.53. The van der Waals surface area contributed by atoms with Crippen molar-refractivity contribution < 1.29 is 9.84 Å². The number of aromatic nitrogens is 2. The van der Waals surface area contributed by atoms with Crippen molar-refractivity contribution in [2.75, 3.05) is 7.11 Å². The molecule has 19 heavy (non-hydrogen) atoms. The molecule has 0 aliphatic heterocycles. The second-order valence-electron chi connectivity index (χ2n) is 3.99. The smallest absolute Gasteiger partial charge is 0.163 e. The number of methoxy groups -OCH3 is 1. The summed E-state index contributed by atoms with van der Waals surface area (Å²) >= 11 is 10.7. The van der Waals surface area contributed by atoms with Gasteiger partial charge in [-0.25, -0.2) is 0 Å². The van der Waals surface area contributed by atoms with Crippen molar-refractivity contribution in [3.63, 3.8) is 0 Å². The first-order valence-corrected chi connectivity index (χ1v) is 7.79. The van der Waals surface area contributed by atoms with E-state index in [9.17, 15) is 5.11 Å². The number of halogens is 2. The number of nitrogens with zero attached hydrogens (tertiary/aromatic N) is 2. The minimum absolute atomic E-state index is 0.585. The van der Waals surface area contributed by atoms with E-state index in [2.05, 4.69) is 28.0 Å². The third-order valence-electron chi connectivity index (χ3n) is 2.69. The van der Waals surface area contributed by atoms with Crippen LogP contribution in [0.4, 0.5) is 0 Å². The molecule has 2 heterocycles. The van der Waals surface area contributed by atoms with Gasteiger partial charge in [-0.3, -0.25) is 4.68 Å². The molecule has 2 rings (SSSR count). The Bertz CT molecular complexity index is 551. The van der Waals surface area contributed by atoms with Gasteiger partial charge in [0, 0.05) is 15.9 Å². The molecule has 1 N–H and O–H groups in total. The highest BCUT2D eigenvalue weighted by atomic mass is 79.9. The van der Waals surface area contributed by atoms with Gasteiger partial charge in [0.05, 0.1) is 13.3 Å².